The summed E-state index contributed by atoms with van der Waals surface area (Å²) in [4.78, 5) is 22.3. The van der Waals surface area contributed by atoms with Crippen LogP contribution in [0.15, 0.2) is 0 Å². The van der Waals surface area contributed by atoms with Crippen LogP contribution in [-0.2, 0) is 19.1 Å². The fourth-order valence-electron chi connectivity index (χ4n) is 1.36. The van der Waals surface area contributed by atoms with E-state index < -0.39 is 16.4 Å². The van der Waals surface area contributed by atoms with Crippen LogP contribution in [0.4, 0.5) is 0 Å². The second-order valence-corrected chi connectivity index (χ2v) is 6.63. The van der Waals surface area contributed by atoms with Crippen molar-refractivity contribution in [2.24, 2.45) is 5.92 Å². The van der Waals surface area contributed by atoms with E-state index in [0.717, 1.165) is 5.75 Å². The number of esters is 2. The number of carbonyl (C=O) groups is 2. The van der Waals surface area contributed by atoms with E-state index in [0.29, 0.717) is 11.2 Å². The topological polar surface area (TPSA) is 52.6 Å². The molecule has 0 saturated carbocycles. The van der Waals surface area contributed by atoms with E-state index in [-0.39, 0.29) is 6.42 Å². The number of hydrogen-bond acceptors (Lipinski definition) is 6. The van der Waals surface area contributed by atoms with Gasteiger partial charge in [0.15, 0.2) is 0 Å². The zero-order chi connectivity index (χ0) is 11.1. The molecule has 2 fully saturated rings. The Labute approximate surface area is 96.4 Å². The van der Waals surface area contributed by atoms with Crippen molar-refractivity contribution in [1.29, 1.82) is 0 Å². The number of carbonyl (C=O) groups excluding carboxylic acids is 2. The van der Waals surface area contributed by atoms with Gasteiger partial charge in [0.2, 0.25) is 0 Å². The van der Waals surface area contributed by atoms with Crippen LogP contribution in [0.5, 0.6) is 0 Å². The Kier molecular flexibility index (Phi) is 2.89. The molecule has 0 radical (unpaired) electrons. The summed E-state index contributed by atoms with van der Waals surface area (Å²) >= 11 is 2.81. The summed E-state index contributed by atoms with van der Waals surface area (Å²) in [7, 11) is 0. The fraction of sp³-hybridized carbons (Fsp3) is 0.778. The fourth-order valence-corrected chi connectivity index (χ4v) is 4.67. The minimum atomic E-state index is -1.10. The highest BCUT2D eigenvalue weighted by Crippen LogP contribution is 2.53. The zero-order valence-electron chi connectivity index (χ0n) is 8.52. The normalized spacial score (nSPS) is 29.4. The lowest BCUT2D eigenvalue weighted by atomic mass is 10.1. The first-order valence-electron chi connectivity index (χ1n) is 4.76. The molecular formula is C9H12O4S2. The Hall–Kier alpha value is -0.360. The van der Waals surface area contributed by atoms with Crippen LogP contribution >= 0.6 is 23.5 Å². The van der Waals surface area contributed by atoms with Crippen molar-refractivity contribution >= 4 is 35.5 Å². The van der Waals surface area contributed by atoms with Crippen LogP contribution in [0.2, 0.25) is 0 Å². The van der Waals surface area contributed by atoms with Gasteiger partial charge in [0, 0.05) is 11.0 Å². The van der Waals surface area contributed by atoms with Crippen molar-refractivity contribution in [3.63, 3.8) is 0 Å². The van der Waals surface area contributed by atoms with Gasteiger partial charge in [0.25, 0.3) is 0 Å². The monoisotopic (exact) mass is 248 g/mol. The molecule has 0 aromatic heterocycles. The molecule has 15 heavy (non-hydrogen) atoms. The van der Waals surface area contributed by atoms with Crippen LogP contribution < -0.4 is 0 Å². The van der Waals surface area contributed by atoms with Gasteiger partial charge in [-0.2, -0.15) is 0 Å². The Balaban J connectivity index is 2.08. The molecule has 6 heteroatoms. The largest absolute Gasteiger partial charge is 0.403 e. The smallest absolute Gasteiger partial charge is 0.358 e. The molecule has 1 unspecified atom stereocenters. The zero-order valence-corrected chi connectivity index (χ0v) is 10.2. The van der Waals surface area contributed by atoms with Gasteiger partial charge in [-0.15, -0.1) is 0 Å². The molecule has 1 spiro atoms. The number of rotatable bonds is 1. The minimum absolute atomic E-state index is 0.269. The second-order valence-electron chi connectivity index (χ2n) is 3.84. The Morgan fingerprint density at radius 3 is 2.40 bits per heavy atom. The SMILES string of the molecule is CC(C)C1CSC2(OC(=O)CC(=O)O2)S1. The third-order valence-corrected chi connectivity index (χ3v) is 5.60. The number of hydrogen-bond donors (Lipinski definition) is 0. The average Bonchev–Trinajstić information content (AvgIpc) is 2.46. The van der Waals surface area contributed by atoms with Gasteiger partial charge >= 0.3 is 16.4 Å². The molecule has 84 valence electrons. The molecule has 2 aliphatic heterocycles. The highest BCUT2D eigenvalue weighted by Gasteiger charge is 2.51. The van der Waals surface area contributed by atoms with Gasteiger partial charge in [-0.1, -0.05) is 37.4 Å². The summed E-state index contributed by atoms with van der Waals surface area (Å²) in [6, 6.07) is 0. The first-order valence-corrected chi connectivity index (χ1v) is 6.63. The Morgan fingerprint density at radius 1 is 1.33 bits per heavy atom. The van der Waals surface area contributed by atoms with E-state index in [2.05, 4.69) is 13.8 Å². The van der Waals surface area contributed by atoms with Crippen molar-refractivity contribution in [2.45, 2.75) is 30.0 Å². The van der Waals surface area contributed by atoms with Crippen molar-refractivity contribution in [3.05, 3.63) is 0 Å². The Bertz CT molecular complexity index is 286. The van der Waals surface area contributed by atoms with E-state index >= 15 is 0 Å². The van der Waals surface area contributed by atoms with Crippen molar-refractivity contribution in [1.82, 2.24) is 0 Å². The van der Waals surface area contributed by atoms with Gasteiger partial charge in [-0.05, 0) is 5.92 Å². The maximum Gasteiger partial charge on any atom is 0.358 e. The maximum absolute atomic E-state index is 11.2. The van der Waals surface area contributed by atoms with Crippen molar-refractivity contribution in [3.8, 4) is 0 Å². The summed E-state index contributed by atoms with van der Waals surface area (Å²) in [6.45, 7) is 4.20. The summed E-state index contributed by atoms with van der Waals surface area (Å²) in [5, 5.41) is 0.355. The number of ether oxygens (including phenoxy) is 2. The lowest BCUT2D eigenvalue weighted by molar-refractivity contribution is -0.193. The Morgan fingerprint density at radius 2 is 1.93 bits per heavy atom. The van der Waals surface area contributed by atoms with Crippen molar-refractivity contribution < 1.29 is 19.1 Å². The van der Waals surface area contributed by atoms with Crippen LogP contribution in [0.25, 0.3) is 0 Å². The van der Waals surface area contributed by atoms with E-state index in [1.54, 1.807) is 0 Å². The predicted octanol–water partition coefficient (Wildman–Crippen LogP) is 1.59. The lowest BCUT2D eigenvalue weighted by Crippen LogP contribution is -2.38. The highest BCUT2D eigenvalue weighted by molar-refractivity contribution is 8.21. The molecule has 4 nitrogen and oxygen atoms in total. The third kappa shape index (κ3) is 2.25. The molecule has 2 heterocycles. The summed E-state index contributed by atoms with van der Waals surface area (Å²) in [5.41, 5.74) is 0. The van der Waals surface area contributed by atoms with Gasteiger partial charge in [-0.25, -0.2) is 0 Å². The molecule has 0 N–H and O–H groups in total. The molecule has 0 aromatic carbocycles. The predicted molar refractivity (Wildman–Crippen MR) is 58.2 cm³/mol. The molecule has 2 aliphatic rings. The van der Waals surface area contributed by atoms with Gasteiger partial charge in [0.1, 0.15) is 6.42 Å². The van der Waals surface area contributed by atoms with Crippen LogP contribution in [0.1, 0.15) is 20.3 Å². The maximum atomic E-state index is 11.2. The van der Waals surface area contributed by atoms with Crippen LogP contribution in [0, 0.1) is 5.92 Å². The average molecular weight is 248 g/mol. The van der Waals surface area contributed by atoms with Crippen LogP contribution in [0.3, 0.4) is 0 Å². The molecule has 0 aromatic rings. The van der Waals surface area contributed by atoms with E-state index in [4.69, 9.17) is 9.47 Å². The lowest BCUT2D eigenvalue weighted by Gasteiger charge is -2.30. The molecule has 2 rings (SSSR count). The van der Waals surface area contributed by atoms with Gasteiger partial charge < -0.3 is 9.47 Å². The molecule has 0 bridgehead atoms. The molecule has 0 aliphatic carbocycles. The van der Waals surface area contributed by atoms with Crippen molar-refractivity contribution in [2.75, 3.05) is 5.75 Å². The summed E-state index contributed by atoms with van der Waals surface area (Å²) in [5.74, 6) is 0.329. The van der Waals surface area contributed by atoms with Crippen LogP contribution in [-0.4, -0.2) is 27.4 Å². The van der Waals surface area contributed by atoms with E-state index in [9.17, 15) is 9.59 Å². The van der Waals surface area contributed by atoms with Gasteiger partial charge in [0.05, 0.1) is 0 Å². The third-order valence-electron chi connectivity index (χ3n) is 2.23. The molecule has 0 amide bonds. The standard InChI is InChI=1S/C9H12O4S2/c1-5(2)6-4-14-9(15-6)12-7(10)3-8(11)13-9/h5-6H,3-4H2,1-2H3. The number of thioether (sulfide) groups is 2. The first kappa shape index (κ1) is 11.1. The van der Waals surface area contributed by atoms with Gasteiger partial charge in [-0.3, -0.25) is 9.59 Å². The highest BCUT2D eigenvalue weighted by atomic mass is 32.2. The quantitative estimate of drug-likeness (QED) is 0.519. The minimum Gasteiger partial charge on any atom is -0.403 e. The second kappa shape index (κ2) is 3.90. The summed E-state index contributed by atoms with van der Waals surface area (Å²) in [6.07, 6.45) is -0.269. The molecular weight excluding hydrogens is 236 g/mol. The van der Waals surface area contributed by atoms with E-state index in [1.165, 1.54) is 23.5 Å². The van der Waals surface area contributed by atoms with E-state index in [1.807, 2.05) is 0 Å². The molecule has 2 saturated heterocycles. The first-order chi connectivity index (χ1) is 7.01. The molecule has 1 atom stereocenters. The summed E-state index contributed by atoms with van der Waals surface area (Å²) < 4.78 is 9.16.